The number of hydrogen-bond donors (Lipinski definition) is 2. The first-order chi connectivity index (χ1) is 5.46. The Morgan fingerprint density at radius 2 is 1.08 bits per heavy atom. The molecule has 1 rings (SSSR count). The van der Waals surface area contributed by atoms with Gasteiger partial charge in [-0.15, -0.1) is 0 Å². The number of hydrogen-bond acceptors (Lipinski definition) is 4. The van der Waals surface area contributed by atoms with Gasteiger partial charge in [0.1, 0.15) is 0 Å². The van der Waals surface area contributed by atoms with E-state index in [1.807, 2.05) is 0 Å². The van der Waals surface area contributed by atoms with E-state index in [9.17, 15) is 9.59 Å². The van der Waals surface area contributed by atoms with Gasteiger partial charge >= 0.3 is 0 Å². The third-order valence-corrected chi connectivity index (χ3v) is 1.82. The molecule has 0 aromatic rings. The first-order valence-corrected chi connectivity index (χ1v) is 3.36. The Labute approximate surface area is 85.4 Å². The van der Waals surface area contributed by atoms with Crippen LogP contribution in [0.25, 0.3) is 0 Å². The summed E-state index contributed by atoms with van der Waals surface area (Å²) in [6, 6.07) is 0. The van der Waals surface area contributed by atoms with Crippen molar-refractivity contribution in [1.82, 2.24) is 0 Å². The number of aliphatic hydroxyl groups excluding tert-OH is 2. The molecule has 0 radical (unpaired) electrons. The van der Waals surface area contributed by atoms with Gasteiger partial charge in [-0.3, -0.25) is 9.59 Å². The second-order valence-electron chi connectivity index (χ2n) is 2.61. The number of Topliss-reactive ketones (excluding diaryl/α,β-unsaturated/α-hetero) is 2. The molecule has 0 aromatic heterocycles. The molecular formula is C8H8FeO4. The predicted molar refractivity (Wildman–Crippen MR) is 40.7 cm³/mol. The van der Waals surface area contributed by atoms with Crippen molar-refractivity contribution in [2.45, 2.75) is 13.8 Å². The molecule has 0 saturated carbocycles. The van der Waals surface area contributed by atoms with E-state index in [2.05, 4.69) is 0 Å². The average molecular weight is 224 g/mol. The first-order valence-electron chi connectivity index (χ1n) is 3.36. The van der Waals surface area contributed by atoms with E-state index in [0.717, 1.165) is 0 Å². The monoisotopic (exact) mass is 224 g/mol. The van der Waals surface area contributed by atoms with E-state index in [-0.39, 0.29) is 28.2 Å². The predicted octanol–water partition coefficient (Wildman–Crippen LogP) is 0.800. The Balaban J connectivity index is 0.00000144. The van der Waals surface area contributed by atoms with Gasteiger partial charge < -0.3 is 10.2 Å². The summed E-state index contributed by atoms with van der Waals surface area (Å²) >= 11 is 0. The molecule has 0 unspecified atom stereocenters. The number of carbonyl (C=O) groups is 2. The molecule has 0 heterocycles. The largest absolute Gasteiger partial charge is 0.504 e. The number of carbonyl (C=O) groups excluding carboxylic acids is 2. The zero-order chi connectivity index (χ0) is 9.46. The summed E-state index contributed by atoms with van der Waals surface area (Å²) in [5.74, 6) is -2.53. The smallest absolute Gasteiger partial charge is 0.227 e. The number of allylic oxidation sites excluding steroid dienone is 2. The van der Waals surface area contributed by atoms with Crippen molar-refractivity contribution in [2.24, 2.45) is 0 Å². The van der Waals surface area contributed by atoms with Crippen molar-refractivity contribution in [3.05, 3.63) is 22.7 Å². The molecule has 0 aliphatic heterocycles. The van der Waals surface area contributed by atoms with Crippen LogP contribution < -0.4 is 0 Å². The van der Waals surface area contributed by atoms with Crippen molar-refractivity contribution < 1.29 is 36.9 Å². The minimum Gasteiger partial charge on any atom is -0.504 e. The summed E-state index contributed by atoms with van der Waals surface area (Å²) < 4.78 is 0. The third-order valence-electron chi connectivity index (χ3n) is 1.82. The molecule has 0 spiro atoms. The van der Waals surface area contributed by atoms with Crippen LogP contribution in [0, 0.1) is 0 Å². The second-order valence-corrected chi connectivity index (χ2v) is 2.61. The molecule has 5 heteroatoms. The molecule has 1 aliphatic rings. The Bertz CT molecular complexity index is 276. The molecule has 4 nitrogen and oxygen atoms in total. The Kier molecular flexibility index (Phi) is 3.46. The first kappa shape index (κ1) is 11.9. The van der Waals surface area contributed by atoms with Crippen LogP contribution in [-0.2, 0) is 26.7 Å². The van der Waals surface area contributed by atoms with Crippen LogP contribution in [-0.4, -0.2) is 21.8 Å². The van der Waals surface area contributed by atoms with Crippen molar-refractivity contribution >= 4 is 11.6 Å². The number of rotatable bonds is 0. The second kappa shape index (κ2) is 3.77. The van der Waals surface area contributed by atoms with Gasteiger partial charge in [-0.05, 0) is 13.8 Å². The molecule has 0 saturated heterocycles. The standard InChI is InChI=1S/C8H8O4.Fe/c1-3-5(9)7(11)4(2)8(12)6(3)10;/h9,12H,1-2H3;. The maximum atomic E-state index is 11.0. The van der Waals surface area contributed by atoms with Gasteiger partial charge in [-0.2, -0.15) is 0 Å². The van der Waals surface area contributed by atoms with Crippen LogP contribution in [0.15, 0.2) is 22.7 Å². The summed E-state index contributed by atoms with van der Waals surface area (Å²) in [4.78, 5) is 22.0. The van der Waals surface area contributed by atoms with Gasteiger partial charge in [0.2, 0.25) is 11.6 Å². The minimum atomic E-state index is -0.690. The molecule has 72 valence electrons. The van der Waals surface area contributed by atoms with Crippen molar-refractivity contribution in [3.8, 4) is 0 Å². The van der Waals surface area contributed by atoms with Gasteiger partial charge in [-0.25, -0.2) is 0 Å². The average Bonchev–Trinajstić information content (AvgIpc) is 2.08. The molecular weight excluding hydrogens is 216 g/mol. The molecule has 13 heavy (non-hydrogen) atoms. The molecule has 0 aromatic carbocycles. The van der Waals surface area contributed by atoms with Gasteiger partial charge in [0, 0.05) is 28.2 Å². The maximum absolute atomic E-state index is 11.0. The van der Waals surface area contributed by atoms with E-state index in [4.69, 9.17) is 10.2 Å². The normalized spacial score (nSPS) is 17.7. The van der Waals surface area contributed by atoms with Crippen LogP contribution in [0.4, 0.5) is 0 Å². The van der Waals surface area contributed by atoms with Crippen LogP contribution in [0.2, 0.25) is 0 Å². The van der Waals surface area contributed by atoms with E-state index >= 15 is 0 Å². The van der Waals surface area contributed by atoms with Crippen molar-refractivity contribution in [2.75, 3.05) is 0 Å². The van der Waals surface area contributed by atoms with Gasteiger partial charge in [-0.1, -0.05) is 0 Å². The fourth-order valence-corrected chi connectivity index (χ4v) is 0.911. The van der Waals surface area contributed by atoms with Crippen molar-refractivity contribution in [1.29, 1.82) is 0 Å². The van der Waals surface area contributed by atoms with E-state index in [1.165, 1.54) is 13.8 Å². The van der Waals surface area contributed by atoms with Crippen LogP contribution in [0.1, 0.15) is 13.8 Å². The zero-order valence-electron chi connectivity index (χ0n) is 7.06. The minimum absolute atomic E-state index is 0. The zero-order valence-corrected chi connectivity index (χ0v) is 8.17. The Hall–Kier alpha value is -1.06. The molecule has 2 N–H and O–H groups in total. The molecule has 0 fully saturated rings. The summed E-state index contributed by atoms with van der Waals surface area (Å²) in [6.45, 7) is 2.58. The van der Waals surface area contributed by atoms with Crippen LogP contribution in [0.5, 0.6) is 0 Å². The van der Waals surface area contributed by atoms with Crippen molar-refractivity contribution in [3.63, 3.8) is 0 Å². The van der Waals surface area contributed by atoms with Crippen LogP contribution >= 0.6 is 0 Å². The molecule has 1 aliphatic carbocycles. The summed E-state index contributed by atoms with van der Waals surface area (Å²) in [7, 11) is 0. The SMILES string of the molecule is CC1=C(O)C(=O)C(C)=C(O)C1=O.[Fe]. The number of aliphatic hydroxyl groups is 2. The number of ketones is 2. The molecule has 0 bridgehead atoms. The van der Waals surface area contributed by atoms with E-state index < -0.39 is 23.1 Å². The Morgan fingerprint density at radius 1 is 0.846 bits per heavy atom. The third kappa shape index (κ3) is 1.66. The fourth-order valence-electron chi connectivity index (χ4n) is 0.911. The maximum Gasteiger partial charge on any atom is 0.227 e. The van der Waals surface area contributed by atoms with E-state index in [0.29, 0.717) is 0 Å². The van der Waals surface area contributed by atoms with Gasteiger partial charge in [0.25, 0.3) is 0 Å². The van der Waals surface area contributed by atoms with Crippen LogP contribution in [0.3, 0.4) is 0 Å². The van der Waals surface area contributed by atoms with Gasteiger partial charge in [0.15, 0.2) is 11.5 Å². The quantitative estimate of drug-likeness (QED) is 0.471. The fraction of sp³-hybridized carbons (Fsp3) is 0.250. The summed E-state index contributed by atoms with van der Waals surface area (Å²) in [6.07, 6.45) is 0. The molecule has 0 amide bonds. The summed E-state index contributed by atoms with van der Waals surface area (Å²) in [5.41, 5.74) is -0.216. The Morgan fingerprint density at radius 3 is 1.31 bits per heavy atom. The van der Waals surface area contributed by atoms with E-state index in [1.54, 1.807) is 0 Å². The topological polar surface area (TPSA) is 74.6 Å². The molecule has 0 atom stereocenters. The van der Waals surface area contributed by atoms with Gasteiger partial charge in [0.05, 0.1) is 0 Å². The summed E-state index contributed by atoms with van der Waals surface area (Å²) in [5, 5.41) is 18.1.